The van der Waals surface area contributed by atoms with E-state index in [-0.39, 0.29) is 0 Å². The van der Waals surface area contributed by atoms with Crippen LogP contribution in [0.25, 0.3) is 0 Å². The zero-order chi connectivity index (χ0) is 14.4. The minimum atomic E-state index is 0.750. The lowest BCUT2D eigenvalue weighted by Gasteiger charge is -2.29. The van der Waals surface area contributed by atoms with E-state index in [1.54, 1.807) is 0 Å². The SMILES string of the molecule is CC(C)CCN(Cc1cccc(C#N)c1)C1CCCC1. The van der Waals surface area contributed by atoms with Crippen molar-refractivity contribution in [2.45, 2.75) is 58.5 Å². The fraction of sp³-hybridized carbons (Fsp3) is 0.611. The summed E-state index contributed by atoms with van der Waals surface area (Å²) >= 11 is 0. The highest BCUT2D eigenvalue weighted by Gasteiger charge is 2.22. The number of hydrogen-bond acceptors (Lipinski definition) is 2. The fourth-order valence-corrected chi connectivity index (χ4v) is 3.06. The van der Waals surface area contributed by atoms with E-state index in [4.69, 9.17) is 5.26 Å². The summed E-state index contributed by atoms with van der Waals surface area (Å²) in [5.74, 6) is 0.754. The molecule has 0 spiro atoms. The third kappa shape index (κ3) is 4.35. The van der Waals surface area contributed by atoms with E-state index >= 15 is 0 Å². The van der Waals surface area contributed by atoms with Crippen molar-refractivity contribution in [2.75, 3.05) is 6.54 Å². The predicted molar refractivity (Wildman–Crippen MR) is 83.3 cm³/mol. The summed E-state index contributed by atoms with van der Waals surface area (Å²) in [5, 5.41) is 9.02. The highest BCUT2D eigenvalue weighted by atomic mass is 15.2. The minimum Gasteiger partial charge on any atom is -0.296 e. The van der Waals surface area contributed by atoms with Crippen LogP contribution in [0.3, 0.4) is 0 Å². The van der Waals surface area contributed by atoms with E-state index in [9.17, 15) is 0 Å². The molecule has 1 aromatic rings. The number of rotatable bonds is 6. The summed E-state index contributed by atoms with van der Waals surface area (Å²) in [6.45, 7) is 6.76. The molecule has 0 radical (unpaired) electrons. The Morgan fingerprint density at radius 3 is 2.70 bits per heavy atom. The highest BCUT2D eigenvalue weighted by molar-refractivity contribution is 5.32. The summed E-state index contributed by atoms with van der Waals surface area (Å²) in [5.41, 5.74) is 2.05. The Balaban J connectivity index is 2.03. The lowest BCUT2D eigenvalue weighted by atomic mass is 10.1. The number of nitriles is 1. The van der Waals surface area contributed by atoms with Gasteiger partial charge in [0.25, 0.3) is 0 Å². The molecule has 0 aliphatic heterocycles. The molecule has 0 N–H and O–H groups in total. The zero-order valence-corrected chi connectivity index (χ0v) is 12.8. The van der Waals surface area contributed by atoms with Crippen molar-refractivity contribution >= 4 is 0 Å². The molecular formula is C18H26N2. The molecule has 2 rings (SSSR count). The van der Waals surface area contributed by atoms with Crippen molar-refractivity contribution in [1.82, 2.24) is 4.90 Å². The summed E-state index contributed by atoms with van der Waals surface area (Å²) in [7, 11) is 0. The fourth-order valence-electron chi connectivity index (χ4n) is 3.06. The van der Waals surface area contributed by atoms with Gasteiger partial charge in [0.15, 0.2) is 0 Å². The van der Waals surface area contributed by atoms with Crippen LogP contribution in [0.2, 0.25) is 0 Å². The highest BCUT2D eigenvalue weighted by Crippen LogP contribution is 2.25. The average Bonchev–Trinajstić information content (AvgIpc) is 2.97. The van der Waals surface area contributed by atoms with E-state index in [1.165, 1.54) is 44.2 Å². The predicted octanol–water partition coefficient (Wildman–Crippen LogP) is 4.35. The van der Waals surface area contributed by atoms with Crippen LogP contribution in [-0.2, 0) is 6.54 Å². The van der Waals surface area contributed by atoms with Crippen molar-refractivity contribution in [3.63, 3.8) is 0 Å². The quantitative estimate of drug-likeness (QED) is 0.768. The number of benzene rings is 1. The molecule has 0 heterocycles. The molecule has 0 aromatic heterocycles. The molecule has 1 aromatic carbocycles. The third-order valence-corrected chi connectivity index (χ3v) is 4.28. The summed E-state index contributed by atoms with van der Waals surface area (Å²) in [4.78, 5) is 2.64. The molecule has 0 amide bonds. The molecule has 0 unspecified atom stereocenters. The lowest BCUT2D eigenvalue weighted by molar-refractivity contribution is 0.179. The van der Waals surface area contributed by atoms with Gasteiger partial charge in [-0.3, -0.25) is 4.90 Å². The first-order valence-electron chi connectivity index (χ1n) is 7.92. The van der Waals surface area contributed by atoms with Crippen LogP contribution < -0.4 is 0 Å². The van der Waals surface area contributed by atoms with Gasteiger partial charge in [-0.15, -0.1) is 0 Å². The maximum absolute atomic E-state index is 9.02. The van der Waals surface area contributed by atoms with Gasteiger partial charge in [-0.2, -0.15) is 5.26 Å². The van der Waals surface area contributed by atoms with Crippen LogP contribution >= 0.6 is 0 Å². The van der Waals surface area contributed by atoms with Gasteiger partial charge < -0.3 is 0 Å². The van der Waals surface area contributed by atoms with Crippen molar-refractivity contribution in [3.05, 3.63) is 35.4 Å². The second kappa shape index (κ2) is 7.45. The number of nitrogens with zero attached hydrogens (tertiary/aromatic N) is 2. The molecule has 1 aliphatic carbocycles. The van der Waals surface area contributed by atoms with E-state index in [1.807, 2.05) is 18.2 Å². The molecule has 0 atom stereocenters. The Hall–Kier alpha value is -1.33. The maximum Gasteiger partial charge on any atom is 0.0991 e. The summed E-state index contributed by atoms with van der Waals surface area (Å²) < 4.78 is 0. The Kier molecular flexibility index (Phi) is 5.61. The summed E-state index contributed by atoms with van der Waals surface area (Å²) in [6.07, 6.45) is 6.70. The van der Waals surface area contributed by atoms with Gasteiger partial charge in [0, 0.05) is 12.6 Å². The molecular weight excluding hydrogens is 244 g/mol. The first-order valence-corrected chi connectivity index (χ1v) is 7.92. The first-order chi connectivity index (χ1) is 9.69. The molecule has 0 bridgehead atoms. The molecule has 1 saturated carbocycles. The molecule has 0 saturated heterocycles. The second-order valence-corrected chi connectivity index (χ2v) is 6.40. The lowest BCUT2D eigenvalue weighted by Crippen LogP contribution is -2.34. The van der Waals surface area contributed by atoms with Crippen LogP contribution in [0.4, 0.5) is 0 Å². The summed E-state index contributed by atoms with van der Waals surface area (Å²) in [6, 6.07) is 11.1. The van der Waals surface area contributed by atoms with E-state index in [2.05, 4.69) is 30.9 Å². The topological polar surface area (TPSA) is 27.0 Å². The van der Waals surface area contributed by atoms with Gasteiger partial charge in [0.1, 0.15) is 0 Å². The molecule has 2 heteroatoms. The largest absolute Gasteiger partial charge is 0.296 e. The Bertz CT molecular complexity index is 453. The third-order valence-electron chi connectivity index (χ3n) is 4.28. The van der Waals surface area contributed by atoms with Gasteiger partial charge >= 0.3 is 0 Å². The Morgan fingerprint density at radius 1 is 1.30 bits per heavy atom. The van der Waals surface area contributed by atoms with Gasteiger partial charge in [-0.1, -0.05) is 38.8 Å². The van der Waals surface area contributed by atoms with Crippen molar-refractivity contribution in [2.24, 2.45) is 5.92 Å². The maximum atomic E-state index is 9.02. The average molecular weight is 270 g/mol. The first kappa shape index (κ1) is 15.1. The van der Waals surface area contributed by atoms with Gasteiger partial charge in [-0.05, 0) is 49.4 Å². The van der Waals surface area contributed by atoms with E-state index in [0.29, 0.717) is 0 Å². The molecule has 2 nitrogen and oxygen atoms in total. The Labute approximate surface area is 123 Å². The minimum absolute atomic E-state index is 0.750. The van der Waals surface area contributed by atoms with Crippen LogP contribution in [-0.4, -0.2) is 17.5 Å². The van der Waals surface area contributed by atoms with Crippen LogP contribution in [0.1, 0.15) is 57.1 Å². The zero-order valence-electron chi connectivity index (χ0n) is 12.8. The van der Waals surface area contributed by atoms with E-state index < -0.39 is 0 Å². The van der Waals surface area contributed by atoms with Crippen LogP contribution in [0.15, 0.2) is 24.3 Å². The smallest absolute Gasteiger partial charge is 0.0991 e. The van der Waals surface area contributed by atoms with Crippen molar-refractivity contribution < 1.29 is 0 Å². The van der Waals surface area contributed by atoms with Gasteiger partial charge in [0.2, 0.25) is 0 Å². The second-order valence-electron chi connectivity index (χ2n) is 6.40. The monoisotopic (exact) mass is 270 g/mol. The van der Waals surface area contributed by atoms with Crippen LogP contribution in [0, 0.1) is 17.2 Å². The molecule has 1 fully saturated rings. The van der Waals surface area contributed by atoms with Crippen LogP contribution in [0.5, 0.6) is 0 Å². The van der Waals surface area contributed by atoms with Crippen molar-refractivity contribution in [1.29, 1.82) is 5.26 Å². The molecule has 1 aliphatic rings. The molecule has 20 heavy (non-hydrogen) atoms. The normalized spacial score (nSPS) is 15.9. The molecule has 108 valence electrons. The standard InChI is InChI=1S/C18H26N2/c1-15(2)10-11-20(18-8-3-4-9-18)14-17-7-5-6-16(12-17)13-19/h5-7,12,15,18H,3-4,8-11,14H2,1-2H3. The Morgan fingerprint density at radius 2 is 2.05 bits per heavy atom. The van der Waals surface area contributed by atoms with Gasteiger partial charge in [0.05, 0.1) is 11.6 Å². The van der Waals surface area contributed by atoms with Crippen molar-refractivity contribution in [3.8, 4) is 6.07 Å². The van der Waals surface area contributed by atoms with E-state index in [0.717, 1.165) is 24.1 Å². The van der Waals surface area contributed by atoms with Gasteiger partial charge in [-0.25, -0.2) is 0 Å². The number of hydrogen-bond donors (Lipinski definition) is 0.